The molecule has 5 rings (SSSR count). The van der Waals surface area contributed by atoms with Gasteiger partial charge in [-0.15, -0.1) is 21.5 Å². The minimum Gasteiger partial charge on any atom is -0.494 e. The molecule has 0 saturated heterocycles. The zero-order chi connectivity index (χ0) is 21.0. The van der Waals surface area contributed by atoms with E-state index in [4.69, 9.17) is 13.9 Å². The van der Waals surface area contributed by atoms with Crippen molar-refractivity contribution in [3.05, 3.63) is 89.3 Å². The third kappa shape index (κ3) is 4.27. The highest BCUT2D eigenvalue weighted by Gasteiger charge is 2.14. The smallest absolute Gasteiger partial charge is 0.247 e. The van der Waals surface area contributed by atoms with Gasteiger partial charge in [0.2, 0.25) is 11.8 Å². The van der Waals surface area contributed by atoms with Crippen LogP contribution in [0.3, 0.4) is 0 Å². The van der Waals surface area contributed by atoms with Crippen LogP contribution in [0.15, 0.2) is 77.2 Å². The standard InChI is InChI=1S/C24H19N3O3S/c1-28-19-8-5-9-20-23(19)25-22(31-20)14-21-26-27-24(30-21)17-10-12-18(13-11-17)29-15-16-6-3-2-4-7-16/h2-13H,14-15H2,1H3. The van der Waals surface area contributed by atoms with E-state index in [9.17, 15) is 0 Å². The van der Waals surface area contributed by atoms with E-state index in [0.717, 1.165) is 37.9 Å². The Morgan fingerprint density at radius 3 is 2.55 bits per heavy atom. The fourth-order valence-electron chi connectivity index (χ4n) is 3.22. The van der Waals surface area contributed by atoms with Gasteiger partial charge < -0.3 is 13.9 Å². The number of methoxy groups -OCH3 is 1. The second kappa shape index (κ2) is 8.57. The number of thiazole rings is 1. The van der Waals surface area contributed by atoms with Crippen LogP contribution in [0.2, 0.25) is 0 Å². The van der Waals surface area contributed by atoms with E-state index in [2.05, 4.69) is 15.2 Å². The van der Waals surface area contributed by atoms with Crippen LogP contribution in [-0.2, 0) is 13.0 Å². The van der Waals surface area contributed by atoms with Crippen molar-refractivity contribution in [3.63, 3.8) is 0 Å². The maximum atomic E-state index is 5.87. The Hall–Kier alpha value is -3.71. The molecule has 0 saturated carbocycles. The lowest BCUT2D eigenvalue weighted by Gasteiger charge is -2.06. The number of fused-ring (bicyclic) bond motifs is 1. The molecule has 31 heavy (non-hydrogen) atoms. The number of para-hydroxylation sites is 1. The zero-order valence-corrected chi connectivity index (χ0v) is 17.6. The Balaban J connectivity index is 1.27. The summed E-state index contributed by atoms with van der Waals surface area (Å²) in [7, 11) is 1.65. The van der Waals surface area contributed by atoms with Crippen molar-refractivity contribution in [1.29, 1.82) is 0 Å². The molecule has 5 aromatic rings. The molecule has 7 heteroatoms. The molecule has 0 aliphatic rings. The minimum absolute atomic E-state index is 0.475. The molecule has 2 aromatic heterocycles. The van der Waals surface area contributed by atoms with Gasteiger partial charge in [0.1, 0.15) is 28.6 Å². The van der Waals surface area contributed by atoms with Gasteiger partial charge in [0, 0.05) is 5.56 Å². The summed E-state index contributed by atoms with van der Waals surface area (Å²) in [5, 5.41) is 9.28. The summed E-state index contributed by atoms with van der Waals surface area (Å²) in [6.45, 7) is 0.526. The fourth-order valence-corrected chi connectivity index (χ4v) is 4.19. The average molecular weight is 430 g/mol. The van der Waals surface area contributed by atoms with E-state index in [1.165, 1.54) is 0 Å². The molecular formula is C24H19N3O3S. The van der Waals surface area contributed by atoms with E-state index in [1.54, 1.807) is 18.4 Å². The minimum atomic E-state index is 0.475. The third-order valence-electron chi connectivity index (χ3n) is 4.77. The van der Waals surface area contributed by atoms with Gasteiger partial charge in [-0.25, -0.2) is 4.98 Å². The molecule has 0 radical (unpaired) electrons. The summed E-state index contributed by atoms with van der Waals surface area (Å²) in [5.74, 6) is 2.55. The molecule has 0 fully saturated rings. The van der Waals surface area contributed by atoms with Crippen LogP contribution in [-0.4, -0.2) is 22.3 Å². The van der Waals surface area contributed by atoms with E-state index >= 15 is 0 Å². The molecule has 0 amide bonds. The second-order valence-corrected chi connectivity index (χ2v) is 8.01. The third-order valence-corrected chi connectivity index (χ3v) is 5.79. The van der Waals surface area contributed by atoms with E-state index in [0.29, 0.717) is 24.8 Å². The number of aromatic nitrogens is 3. The molecule has 0 N–H and O–H groups in total. The van der Waals surface area contributed by atoms with Crippen LogP contribution in [0.4, 0.5) is 0 Å². The number of nitrogens with zero attached hydrogens (tertiary/aromatic N) is 3. The maximum absolute atomic E-state index is 5.87. The highest BCUT2D eigenvalue weighted by molar-refractivity contribution is 7.18. The molecule has 0 aliphatic carbocycles. The van der Waals surface area contributed by atoms with Gasteiger partial charge in [0.25, 0.3) is 0 Å². The van der Waals surface area contributed by atoms with Gasteiger partial charge in [0.15, 0.2) is 0 Å². The Morgan fingerprint density at radius 1 is 0.903 bits per heavy atom. The van der Waals surface area contributed by atoms with Crippen molar-refractivity contribution in [2.75, 3.05) is 7.11 Å². The summed E-state index contributed by atoms with van der Waals surface area (Å²) >= 11 is 1.60. The van der Waals surface area contributed by atoms with Crippen LogP contribution in [0.5, 0.6) is 11.5 Å². The Morgan fingerprint density at radius 2 is 1.74 bits per heavy atom. The first kappa shape index (κ1) is 19.3. The summed E-state index contributed by atoms with van der Waals surface area (Å²) in [5.41, 5.74) is 2.83. The number of hydrogen-bond acceptors (Lipinski definition) is 7. The first-order valence-electron chi connectivity index (χ1n) is 9.80. The fraction of sp³-hybridized carbons (Fsp3) is 0.125. The maximum Gasteiger partial charge on any atom is 0.247 e. The first-order valence-corrected chi connectivity index (χ1v) is 10.6. The molecule has 3 aromatic carbocycles. The topological polar surface area (TPSA) is 70.3 Å². The first-order chi connectivity index (χ1) is 15.3. The Bertz CT molecular complexity index is 1300. The second-order valence-electron chi connectivity index (χ2n) is 6.89. The molecule has 0 aliphatic heterocycles. The molecule has 0 unspecified atom stereocenters. The van der Waals surface area contributed by atoms with Crippen molar-refractivity contribution >= 4 is 21.6 Å². The molecular weight excluding hydrogens is 410 g/mol. The van der Waals surface area contributed by atoms with Crippen LogP contribution >= 0.6 is 11.3 Å². The van der Waals surface area contributed by atoms with Gasteiger partial charge >= 0.3 is 0 Å². The molecule has 6 nitrogen and oxygen atoms in total. The highest BCUT2D eigenvalue weighted by atomic mass is 32.1. The molecule has 0 spiro atoms. The van der Waals surface area contributed by atoms with E-state index in [1.807, 2.05) is 72.8 Å². The van der Waals surface area contributed by atoms with E-state index < -0.39 is 0 Å². The lowest BCUT2D eigenvalue weighted by molar-refractivity contribution is 0.306. The predicted octanol–water partition coefficient (Wildman–Crippen LogP) is 5.52. The summed E-state index contributed by atoms with van der Waals surface area (Å²) in [4.78, 5) is 4.67. The average Bonchev–Trinajstić information content (AvgIpc) is 3.45. The van der Waals surface area contributed by atoms with Gasteiger partial charge in [-0.1, -0.05) is 36.4 Å². The quantitative estimate of drug-likeness (QED) is 0.339. The number of ether oxygens (including phenoxy) is 2. The van der Waals surface area contributed by atoms with Gasteiger partial charge in [-0.2, -0.15) is 0 Å². The lowest BCUT2D eigenvalue weighted by atomic mass is 10.2. The van der Waals surface area contributed by atoms with Gasteiger partial charge in [0.05, 0.1) is 18.2 Å². The summed E-state index contributed by atoms with van der Waals surface area (Å²) in [6, 6.07) is 23.6. The Kier molecular flexibility index (Phi) is 5.33. The highest BCUT2D eigenvalue weighted by Crippen LogP contribution is 2.31. The van der Waals surface area contributed by atoms with Crippen LogP contribution < -0.4 is 9.47 Å². The van der Waals surface area contributed by atoms with Crippen molar-refractivity contribution in [3.8, 4) is 23.0 Å². The largest absolute Gasteiger partial charge is 0.494 e. The number of rotatable bonds is 7. The monoisotopic (exact) mass is 429 g/mol. The van der Waals surface area contributed by atoms with Gasteiger partial charge in [-0.05, 0) is 42.0 Å². The Labute approximate surface area is 183 Å². The van der Waals surface area contributed by atoms with Crippen LogP contribution in [0.1, 0.15) is 16.5 Å². The summed E-state index contributed by atoms with van der Waals surface area (Å²) in [6.07, 6.45) is 0.480. The van der Waals surface area contributed by atoms with Crippen molar-refractivity contribution in [1.82, 2.24) is 15.2 Å². The van der Waals surface area contributed by atoms with Gasteiger partial charge in [-0.3, -0.25) is 0 Å². The summed E-state index contributed by atoms with van der Waals surface area (Å²) < 4.78 is 18.2. The van der Waals surface area contributed by atoms with Crippen LogP contribution in [0, 0.1) is 0 Å². The van der Waals surface area contributed by atoms with Crippen molar-refractivity contribution in [2.45, 2.75) is 13.0 Å². The van der Waals surface area contributed by atoms with E-state index in [-0.39, 0.29) is 0 Å². The molecule has 0 atom stereocenters. The van der Waals surface area contributed by atoms with Crippen molar-refractivity contribution < 1.29 is 13.9 Å². The van der Waals surface area contributed by atoms with Crippen molar-refractivity contribution in [2.24, 2.45) is 0 Å². The van der Waals surface area contributed by atoms with Crippen LogP contribution in [0.25, 0.3) is 21.7 Å². The SMILES string of the molecule is COc1cccc2sc(Cc3nnc(-c4ccc(OCc5ccccc5)cc4)o3)nc12. The molecule has 154 valence electrons. The number of hydrogen-bond donors (Lipinski definition) is 0. The lowest BCUT2D eigenvalue weighted by Crippen LogP contribution is -1.94. The zero-order valence-electron chi connectivity index (χ0n) is 16.8. The number of benzene rings is 3. The molecule has 2 heterocycles. The normalized spacial score (nSPS) is 11.0. The predicted molar refractivity (Wildman–Crippen MR) is 119 cm³/mol. The molecule has 0 bridgehead atoms.